The van der Waals surface area contributed by atoms with Crippen molar-refractivity contribution in [2.24, 2.45) is 5.92 Å². The number of likely N-dealkylation sites (tertiary alicyclic amines) is 2. The number of alkyl halides is 1. The first-order valence-corrected chi connectivity index (χ1v) is 12.7. The number of benzene rings is 2. The van der Waals surface area contributed by atoms with Gasteiger partial charge in [0.25, 0.3) is 5.91 Å². The minimum Gasteiger partial charge on any atom is -0.490 e. The number of aliphatic hydroxyl groups is 1. The van der Waals surface area contributed by atoms with Gasteiger partial charge in [0.05, 0.1) is 12.7 Å². The monoisotopic (exact) mass is 504 g/mol. The zero-order valence-corrected chi connectivity index (χ0v) is 21.0. The first-order valence-electron chi connectivity index (χ1n) is 12.7. The molecule has 2 heterocycles. The summed E-state index contributed by atoms with van der Waals surface area (Å²) in [5.41, 5.74) is -0.474. The van der Waals surface area contributed by atoms with E-state index in [1.54, 1.807) is 19.9 Å². The summed E-state index contributed by atoms with van der Waals surface area (Å²) in [6.07, 6.45) is 2.53. The number of halogens is 3. The molecule has 1 N–H and O–H groups in total. The molecule has 1 amide bonds. The van der Waals surface area contributed by atoms with E-state index in [0.717, 1.165) is 32.0 Å². The molecule has 4 rings (SSSR count). The fraction of sp³-hybridized carbons (Fsp3) is 0.536. The number of hydrogen-bond acceptors (Lipinski definition) is 4. The van der Waals surface area contributed by atoms with Crippen molar-refractivity contribution in [3.63, 3.8) is 0 Å². The molecule has 0 bridgehead atoms. The average Bonchev–Trinajstić information content (AvgIpc) is 2.83. The van der Waals surface area contributed by atoms with Gasteiger partial charge in [-0.2, -0.15) is 0 Å². The van der Waals surface area contributed by atoms with E-state index >= 15 is 0 Å². The zero-order chi connectivity index (χ0) is 25.9. The minimum atomic E-state index is -1.22. The third kappa shape index (κ3) is 6.79. The van der Waals surface area contributed by atoms with Gasteiger partial charge in [-0.3, -0.25) is 4.79 Å². The molecule has 0 saturated carbocycles. The number of piperidine rings is 2. The topological polar surface area (TPSA) is 53.0 Å². The van der Waals surface area contributed by atoms with Crippen LogP contribution in [-0.2, 0) is 0 Å². The molecule has 0 spiro atoms. The zero-order valence-electron chi connectivity index (χ0n) is 21.0. The van der Waals surface area contributed by atoms with Crippen molar-refractivity contribution in [3.8, 4) is 16.9 Å². The van der Waals surface area contributed by atoms with Crippen molar-refractivity contribution in [2.75, 3.05) is 39.3 Å². The van der Waals surface area contributed by atoms with E-state index in [2.05, 4.69) is 4.90 Å². The fourth-order valence-corrected chi connectivity index (χ4v) is 5.04. The molecule has 0 unspecified atom stereocenters. The van der Waals surface area contributed by atoms with Crippen LogP contribution in [0, 0.1) is 17.6 Å². The number of β-amino-alcohol motifs (C(OH)–C–C–N with tert-alkyl or cyclic N) is 1. The lowest BCUT2D eigenvalue weighted by Gasteiger charge is -2.34. The maximum absolute atomic E-state index is 14.9. The summed E-state index contributed by atoms with van der Waals surface area (Å²) in [5.74, 6) is -1.14. The van der Waals surface area contributed by atoms with E-state index in [-0.39, 0.29) is 35.2 Å². The third-order valence-corrected chi connectivity index (χ3v) is 6.92. The van der Waals surface area contributed by atoms with Crippen LogP contribution < -0.4 is 4.74 Å². The van der Waals surface area contributed by atoms with E-state index in [4.69, 9.17) is 4.74 Å². The molecular formula is C28H35F3N2O3. The standard InChI is InChI=1S/C28H35F3N2O3/c1-28(2,31)18-32-12-9-19(10-13-32)17-36-26-8-6-20(14-25(26)30)23-7-5-21(15-24(23)29)27(35)33-11-3-4-22(34)16-33/h5-8,14-15,19,22,34H,3-4,9-13,16-18H2,1-2H3/t22-/m1/s1. The predicted octanol–water partition coefficient (Wildman–Crippen LogP) is 5.07. The molecule has 196 valence electrons. The lowest BCUT2D eigenvalue weighted by atomic mass is 9.96. The van der Waals surface area contributed by atoms with Crippen LogP contribution in [-0.4, -0.2) is 71.9 Å². The van der Waals surface area contributed by atoms with Crippen LogP contribution in [0.3, 0.4) is 0 Å². The van der Waals surface area contributed by atoms with E-state index in [1.807, 2.05) is 0 Å². The van der Waals surface area contributed by atoms with Crippen LogP contribution in [0.5, 0.6) is 5.75 Å². The molecule has 0 radical (unpaired) electrons. The quantitative estimate of drug-likeness (QED) is 0.572. The summed E-state index contributed by atoms with van der Waals surface area (Å²) >= 11 is 0. The molecule has 2 aliphatic rings. The van der Waals surface area contributed by atoms with E-state index in [9.17, 15) is 23.1 Å². The molecule has 2 aromatic rings. The molecule has 2 fully saturated rings. The second-order valence-corrected chi connectivity index (χ2v) is 10.6. The Bertz CT molecular complexity index is 1060. The second-order valence-electron chi connectivity index (χ2n) is 10.6. The maximum Gasteiger partial charge on any atom is 0.254 e. The largest absolute Gasteiger partial charge is 0.490 e. The molecule has 2 saturated heterocycles. The molecule has 0 aromatic heterocycles. The Morgan fingerprint density at radius 1 is 1.06 bits per heavy atom. The number of aliphatic hydroxyl groups excluding tert-OH is 1. The highest BCUT2D eigenvalue weighted by molar-refractivity contribution is 5.95. The number of amides is 1. The smallest absolute Gasteiger partial charge is 0.254 e. The second kappa shape index (κ2) is 11.2. The molecule has 8 heteroatoms. The average molecular weight is 505 g/mol. The van der Waals surface area contributed by atoms with Crippen LogP contribution in [0.15, 0.2) is 36.4 Å². The number of carbonyl (C=O) groups is 1. The Labute approximate surface area is 210 Å². The first kappa shape index (κ1) is 26.5. The Hall–Kier alpha value is -2.58. The van der Waals surface area contributed by atoms with Crippen molar-refractivity contribution in [1.82, 2.24) is 9.80 Å². The maximum atomic E-state index is 14.9. The van der Waals surface area contributed by atoms with Crippen molar-refractivity contribution < 1.29 is 27.8 Å². The van der Waals surface area contributed by atoms with Crippen LogP contribution in [0.4, 0.5) is 13.2 Å². The number of carbonyl (C=O) groups excluding carboxylic acids is 1. The Morgan fingerprint density at radius 3 is 2.44 bits per heavy atom. The molecule has 0 aliphatic carbocycles. The summed E-state index contributed by atoms with van der Waals surface area (Å²) in [7, 11) is 0. The predicted molar refractivity (Wildman–Crippen MR) is 133 cm³/mol. The molecule has 2 aromatic carbocycles. The summed E-state index contributed by atoms with van der Waals surface area (Å²) in [4.78, 5) is 16.3. The van der Waals surface area contributed by atoms with Crippen molar-refractivity contribution >= 4 is 5.91 Å². The van der Waals surface area contributed by atoms with E-state index in [0.29, 0.717) is 38.1 Å². The Kier molecular flexibility index (Phi) is 8.25. The van der Waals surface area contributed by atoms with Crippen LogP contribution >= 0.6 is 0 Å². The highest BCUT2D eigenvalue weighted by Crippen LogP contribution is 2.30. The Morgan fingerprint density at radius 2 is 1.81 bits per heavy atom. The molecule has 5 nitrogen and oxygen atoms in total. The van der Waals surface area contributed by atoms with Gasteiger partial charge >= 0.3 is 0 Å². The van der Waals surface area contributed by atoms with Gasteiger partial charge in [0, 0.05) is 30.8 Å². The van der Waals surface area contributed by atoms with Gasteiger partial charge in [0.1, 0.15) is 11.5 Å². The van der Waals surface area contributed by atoms with Crippen molar-refractivity contribution in [3.05, 3.63) is 53.6 Å². The van der Waals surface area contributed by atoms with Crippen molar-refractivity contribution in [1.29, 1.82) is 0 Å². The van der Waals surface area contributed by atoms with E-state index in [1.165, 1.54) is 29.2 Å². The van der Waals surface area contributed by atoms with Crippen LogP contribution in [0.25, 0.3) is 11.1 Å². The van der Waals surface area contributed by atoms with Gasteiger partial charge in [0.2, 0.25) is 0 Å². The highest BCUT2D eigenvalue weighted by Gasteiger charge is 2.26. The molecule has 1 atom stereocenters. The van der Waals surface area contributed by atoms with Gasteiger partial charge in [0.15, 0.2) is 11.6 Å². The molecule has 36 heavy (non-hydrogen) atoms. The van der Waals surface area contributed by atoms with Crippen LogP contribution in [0.1, 0.15) is 49.9 Å². The van der Waals surface area contributed by atoms with Gasteiger partial charge < -0.3 is 19.6 Å². The summed E-state index contributed by atoms with van der Waals surface area (Å²) in [6, 6.07) is 8.51. The van der Waals surface area contributed by atoms with Gasteiger partial charge in [-0.05, 0) is 88.4 Å². The lowest BCUT2D eigenvalue weighted by molar-refractivity contribution is 0.0473. The normalized spacial score (nSPS) is 19.9. The van der Waals surface area contributed by atoms with E-state index < -0.39 is 23.4 Å². The minimum absolute atomic E-state index is 0.113. The number of nitrogens with zero attached hydrogens (tertiary/aromatic N) is 2. The summed E-state index contributed by atoms with van der Waals surface area (Å²) in [6.45, 7) is 6.29. The highest BCUT2D eigenvalue weighted by atomic mass is 19.1. The Balaban J connectivity index is 1.35. The van der Waals surface area contributed by atoms with Gasteiger partial charge in [-0.1, -0.05) is 12.1 Å². The van der Waals surface area contributed by atoms with Gasteiger partial charge in [-0.15, -0.1) is 0 Å². The first-order chi connectivity index (χ1) is 17.1. The molecular weight excluding hydrogens is 469 g/mol. The van der Waals surface area contributed by atoms with Crippen LogP contribution in [0.2, 0.25) is 0 Å². The number of hydrogen-bond donors (Lipinski definition) is 1. The third-order valence-electron chi connectivity index (χ3n) is 6.92. The summed E-state index contributed by atoms with van der Waals surface area (Å²) < 4.78 is 49.3. The van der Waals surface area contributed by atoms with Gasteiger partial charge in [-0.25, -0.2) is 13.2 Å². The summed E-state index contributed by atoms with van der Waals surface area (Å²) in [5, 5.41) is 9.80. The number of ether oxygens (including phenoxy) is 1. The lowest BCUT2D eigenvalue weighted by Crippen LogP contribution is -2.42. The number of rotatable bonds is 7. The fourth-order valence-electron chi connectivity index (χ4n) is 5.04. The molecule has 2 aliphatic heterocycles. The SMILES string of the molecule is CC(C)(F)CN1CCC(COc2ccc(-c3ccc(C(=O)N4CCC[C@@H](O)C4)cc3F)cc2F)CC1. The van der Waals surface area contributed by atoms with Crippen molar-refractivity contribution in [2.45, 2.75) is 51.3 Å².